The van der Waals surface area contributed by atoms with Gasteiger partial charge in [-0.25, -0.2) is 0 Å². The molecule has 0 aliphatic carbocycles. The molecule has 1 aromatic rings. The van der Waals surface area contributed by atoms with Gasteiger partial charge < -0.3 is 19.5 Å². The predicted molar refractivity (Wildman–Crippen MR) is 64.5 cm³/mol. The summed E-state index contributed by atoms with van der Waals surface area (Å²) in [6.45, 7) is 5.34. The van der Waals surface area contributed by atoms with Gasteiger partial charge >= 0.3 is 0 Å². The topological polar surface area (TPSA) is 48.5 Å². The molecule has 4 nitrogen and oxygen atoms in total. The lowest BCUT2D eigenvalue weighted by Crippen LogP contribution is -2.32. The first-order valence-corrected chi connectivity index (χ1v) is 6.01. The van der Waals surface area contributed by atoms with Gasteiger partial charge in [0.15, 0.2) is 0 Å². The molecular formula is C13H17NO3. The molecule has 92 valence electrons. The maximum atomic E-state index is 10.0. The molecule has 4 heteroatoms. The zero-order chi connectivity index (χ0) is 11.8. The molecule has 2 aliphatic heterocycles. The first-order chi connectivity index (χ1) is 8.24. The lowest BCUT2D eigenvalue weighted by atomic mass is 10.1. The number of hydrogen-bond acceptors (Lipinski definition) is 4. The summed E-state index contributed by atoms with van der Waals surface area (Å²) >= 11 is 0. The number of phenolic OH excluding ortho intramolecular Hbond substituents is 1. The van der Waals surface area contributed by atoms with Gasteiger partial charge in [0.1, 0.15) is 5.75 Å². The van der Waals surface area contributed by atoms with Gasteiger partial charge in [0, 0.05) is 13.1 Å². The second-order valence-corrected chi connectivity index (χ2v) is 4.76. The Bertz CT molecular complexity index is 379. The fourth-order valence-corrected chi connectivity index (χ4v) is 2.15. The highest BCUT2D eigenvalue weighted by molar-refractivity contribution is 5.63. The molecule has 1 aromatic carbocycles. The maximum absolute atomic E-state index is 10.0. The summed E-state index contributed by atoms with van der Waals surface area (Å²) in [6.07, 6.45) is 0.625. The molecule has 0 spiro atoms. The van der Waals surface area contributed by atoms with Crippen LogP contribution in [0.15, 0.2) is 18.2 Å². The summed E-state index contributed by atoms with van der Waals surface area (Å²) in [6, 6.07) is 5.62. The van der Waals surface area contributed by atoms with Crippen molar-refractivity contribution < 1.29 is 14.6 Å². The summed E-state index contributed by atoms with van der Waals surface area (Å²) in [5.41, 5.74) is 2.00. The molecule has 0 radical (unpaired) electrons. The highest BCUT2D eigenvalue weighted by Gasteiger charge is 2.32. The van der Waals surface area contributed by atoms with Gasteiger partial charge in [-0.05, 0) is 18.6 Å². The van der Waals surface area contributed by atoms with Gasteiger partial charge in [-0.2, -0.15) is 0 Å². The molecule has 3 rings (SSSR count). The zero-order valence-electron chi connectivity index (χ0n) is 9.93. The SMILES string of the molecule is Cc1cccc(O)c1N(CC1CO1)CC1CO1. The van der Waals surface area contributed by atoms with Crippen LogP contribution in [0.4, 0.5) is 5.69 Å². The van der Waals surface area contributed by atoms with Crippen molar-refractivity contribution in [3.8, 4) is 5.75 Å². The van der Waals surface area contributed by atoms with Crippen LogP contribution in [0.5, 0.6) is 5.75 Å². The van der Waals surface area contributed by atoms with Crippen LogP contribution in [-0.4, -0.2) is 43.6 Å². The van der Waals surface area contributed by atoms with Crippen molar-refractivity contribution in [1.29, 1.82) is 0 Å². The third-order valence-electron chi connectivity index (χ3n) is 3.19. The van der Waals surface area contributed by atoms with Gasteiger partial charge in [-0.3, -0.25) is 0 Å². The van der Waals surface area contributed by atoms with Crippen molar-refractivity contribution >= 4 is 5.69 Å². The Morgan fingerprint density at radius 3 is 2.29 bits per heavy atom. The molecule has 0 amide bonds. The lowest BCUT2D eigenvalue weighted by molar-refractivity contribution is 0.387. The van der Waals surface area contributed by atoms with Crippen LogP contribution < -0.4 is 4.90 Å². The third kappa shape index (κ3) is 2.53. The van der Waals surface area contributed by atoms with E-state index in [0.29, 0.717) is 18.0 Å². The predicted octanol–water partition coefficient (Wildman–Crippen LogP) is 1.30. The Morgan fingerprint density at radius 2 is 1.82 bits per heavy atom. The molecule has 0 saturated carbocycles. The first kappa shape index (κ1) is 10.9. The average molecular weight is 235 g/mol. The number of benzene rings is 1. The van der Waals surface area contributed by atoms with E-state index in [0.717, 1.165) is 37.6 Å². The van der Waals surface area contributed by atoms with Crippen molar-refractivity contribution in [3.05, 3.63) is 23.8 Å². The van der Waals surface area contributed by atoms with Crippen molar-refractivity contribution in [2.75, 3.05) is 31.2 Å². The standard InChI is InChI=1S/C13H17NO3/c1-9-3-2-4-12(15)13(9)14(5-10-7-16-10)6-11-8-17-11/h2-4,10-11,15H,5-8H2,1H3. The Hall–Kier alpha value is -1.26. The number of aromatic hydroxyl groups is 1. The number of phenols is 1. The number of ether oxygens (including phenoxy) is 2. The molecule has 2 atom stereocenters. The minimum atomic E-state index is 0.313. The van der Waals surface area contributed by atoms with E-state index >= 15 is 0 Å². The summed E-state index contributed by atoms with van der Waals surface area (Å²) in [5, 5.41) is 10.0. The summed E-state index contributed by atoms with van der Waals surface area (Å²) < 4.78 is 10.6. The molecule has 0 bridgehead atoms. The zero-order valence-corrected chi connectivity index (χ0v) is 9.93. The fourth-order valence-electron chi connectivity index (χ4n) is 2.15. The van der Waals surface area contributed by atoms with Gasteiger partial charge in [-0.1, -0.05) is 12.1 Å². The second-order valence-electron chi connectivity index (χ2n) is 4.76. The summed E-state index contributed by atoms with van der Waals surface area (Å²) in [7, 11) is 0. The molecule has 1 N–H and O–H groups in total. The number of anilines is 1. The first-order valence-electron chi connectivity index (χ1n) is 6.01. The van der Waals surface area contributed by atoms with E-state index in [9.17, 15) is 5.11 Å². The van der Waals surface area contributed by atoms with Crippen LogP contribution in [0.25, 0.3) is 0 Å². The number of aryl methyl sites for hydroxylation is 1. The minimum absolute atomic E-state index is 0.313. The van der Waals surface area contributed by atoms with Gasteiger partial charge in [0.05, 0.1) is 31.1 Å². The molecule has 17 heavy (non-hydrogen) atoms. The monoisotopic (exact) mass is 235 g/mol. The second kappa shape index (κ2) is 4.20. The molecule has 2 saturated heterocycles. The van der Waals surface area contributed by atoms with Gasteiger partial charge in [0.25, 0.3) is 0 Å². The number of rotatable bonds is 5. The average Bonchev–Trinajstić information content (AvgIpc) is 3.12. The van der Waals surface area contributed by atoms with E-state index in [1.807, 2.05) is 19.1 Å². The minimum Gasteiger partial charge on any atom is -0.506 e. The van der Waals surface area contributed by atoms with E-state index in [1.54, 1.807) is 6.07 Å². The molecule has 2 fully saturated rings. The maximum Gasteiger partial charge on any atom is 0.139 e. The third-order valence-corrected chi connectivity index (χ3v) is 3.19. The van der Waals surface area contributed by atoms with Crippen LogP contribution in [0.2, 0.25) is 0 Å². The van der Waals surface area contributed by atoms with Crippen molar-refractivity contribution in [2.24, 2.45) is 0 Å². The van der Waals surface area contributed by atoms with Crippen molar-refractivity contribution in [1.82, 2.24) is 0 Å². The Balaban J connectivity index is 1.83. The summed E-state index contributed by atoms with van der Waals surface area (Å²) in [4.78, 5) is 2.18. The fraction of sp³-hybridized carbons (Fsp3) is 0.538. The molecule has 2 unspecified atom stereocenters. The van der Waals surface area contributed by atoms with Crippen LogP contribution >= 0.6 is 0 Å². The highest BCUT2D eigenvalue weighted by Crippen LogP contribution is 2.33. The van der Waals surface area contributed by atoms with E-state index in [4.69, 9.17) is 9.47 Å². The van der Waals surface area contributed by atoms with Crippen molar-refractivity contribution in [3.63, 3.8) is 0 Å². The number of nitrogens with zero attached hydrogens (tertiary/aromatic N) is 1. The quantitative estimate of drug-likeness (QED) is 0.782. The summed E-state index contributed by atoms with van der Waals surface area (Å²) in [5.74, 6) is 0.339. The molecule has 2 aliphatic rings. The normalized spacial score (nSPS) is 25.7. The van der Waals surface area contributed by atoms with E-state index < -0.39 is 0 Å². The Labute approximate surface area is 101 Å². The molecule has 0 aromatic heterocycles. The van der Waals surface area contributed by atoms with E-state index in [-0.39, 0.29) is 0 Å². The van der Waals surface area contributed by atoms with Crippen molar-refractivity contribution in [2.45, 2.75) is 19.1 Å². The van der Waals surface area contributed by atoms with Crippen LogP contribution in [0, 0.1) is 6.92 Å². The van der Waals surface area contributed by atoms with Crippen LogP contribution in [0.1, 0.15) is 5.56 Å². The van der Waals surface area contributed by atoms with E-state index in [1.165, 1.54) is 0 Å². The van der Waals surface area contributed by atoms with E-state index in [2.05, 4.69) is 4.90 Å². The highest BCUT2D eigenvalue weighted by atomic mass is 16.6. The smallest absolute Gasteiger partial charge is 0.139 e. The number of epoxide rings is 2. The molecule has 2 heterocycles. The number of para-hydroxylation sites is 1. The van der Waals surface area contributed by atoms with Gasteiger partial charge in [0.2, 0.25) is 0 Å². The Morgan fingerprint density at radius 1 is 1.24 bits per heavy atom. The van der Waals surface area contributed by atoms with Crippen LogP contribution in [0.3, 0.4) is 0 Å². The Kier molecular flexibility index (Phi) is 2.68. The van der Waals surface area contributed by atoms with Crippen LogP contribution in [-0.2, 0) is 9.47 Å². The lowest BCUT2D eigenvalue weighted by Gasteiger charge is -2.25. The van der Waals surface area contributed by atoms with Gasteiger partial charge in [-0.15, -0.1) is 0 Å². The molecular weight excluding hydrogens is 218 g/mol. The largest absolute Gasteiger partial charge is 0.506 e. The number of hydrogen-bond donors (Lipinski definition) is 1.